The fourth-order valence-electron chi connectivity index (χ4n) is 2.49. The molecule has 3 rings (SSSR count). The van der Waals surface area contributed by atoms with E-state index in [1.54, 1.807) is 19.2 Å². The third-order valence-corrected chi connectivity index (χ3v) is 4.03. The van der Waals surface area contributed by atoms with Crippen LogP contribution in [-0.4, -0.2) is 27.5 Å². The highest BCUT2D eigenvalue weighted by Gasteiger charge is 2.19. The lowest BCUT2D eigenvalue weighted by atomic mass is 9.86. The van der Waals surface area contributed by atoms with E-state index in [1.165, 1.54) is 23.2 Å². The van der Waals surface area contributed by atoms with Crippen molar-refractivity contribution < 1.29 is 19.0 Å². The van der Waals surface area contributed by atoms with Gasteiger partial charge in [0.2, 0.25) is 0 Å². The number of carbonyl (C=O) groups is 1. The second-order valence-electron chi connectivity index (χ2n) is 5.60. The van der Waals surface area contributed by atoms with Gasteiger partial charge in [-0.25, -0.2) is 9.18 Å². The van der Waals surface area contributed by atoms with E-state index in [0.717, 1.165) is 12.8 Å². The highest BCUT2D eigenvalue weighted by molar-refractivity contribution is 5.87. The number of carboxylic acid groups (broad SMARTS) is 1. The van der Waals surface area contributed by atoms with Crippen molar-refractivity contribution in [3.63, 3.8) is 0 Å². The number of carboxylic acids is 1. The number of ether oxygens (including phenoxy) is 1. The molecule has 0 spiro atoms. The third-order valence-electron chi connectivity index (χ3n) is 4.03. The van der Waals surface area contributed by atoms with Crippen molar-refractivity contribution in [2.75, 3.05) is 6.61 Å². The number of nitrogens with zero attached hydrogens (tertiary/aromatic N) is 2. The first kappa shape index (κ1) is 14.6. The van der Waals surface area contributed by atoms with E-state index in [4.69, 9.17) is 9.84 Å². The molecule has 1 N–H and O–H groups in total. The maximum Gasteiger partial charge on any atom is 0.356 e. The van der Waals surface area contributed by atoms with Gasteiger partial charge in [0, 0.05) is 12.6 Å². The molecule has 0 bridgehead atoms. The Balaban J connectivity index is 1.80. The van der Waals surface area contributed by atoms with E-state index in [0.29, 0.717) is 23.8 Å². The summed E-state index contributed by atoms with van der Waals surface area (Å²) in [5, 5.41) is 12.8. The highest BCUT2D eigenvalue weighted by Crippen LogP contribution is 2.29. The topological polar surface area (TPSA) is 64.4 Å². The van der Waals surface area contributed by atoms with E-state index in [-0.39, 0.29) is 11.4 Å². The fraction of sp³-hybridized carbons (Fsp3) is 0.375. The molecule has 0 radical (unpaired) electrons. The summed E-state index contributed by atoms with van der Waals surface area (Å²) in [4.78, 5) is 10.9. The lowest BCUT2D eigenvalue weighted by molar-refractivity contribution is 0.0689. The highest BCUT2D eigenvalue weighted by atomic mass is 19.1. The average Bonchev–Trinajstić information content (AvgIpc) is 2.81. The second-order valence-corrected chi connectivity index (χ2v) is 5.60. The molecule has 2 aromatic rings. The number of aryl methyl sites for hydroxylation is 1. The van der Waals surface area contributed by atoms with E-state index in [9.17, 15) is 9.18 Å². The Morgan fingerprint density at radius 1 is 1.45 bits per heavy atom. The van der Waals surface area contributed by atoms with Gasteiger partial charge in [-0.05, 0) is 43.0 Å². The molecule has 1 aromatic heterocycles. The van der Waals surface area contributed by atoms with Crippen molar-refractivity contribution in [2.24, 2.45) is 13.0 Å². The molecule has 1 saturated carbocycles. The van der Waals surface area contributed by atoms with Crippen molar-refractivity contribution in [3.05, 3.63) is 35.8 Å². The van der Waals surface area contributed by atoms with Crippen LogP contribution in [0.3, 0.4) is 0 Å². The van der Waals surface area contributed by atoms with Gasteiger partial charge >= 0.3 is 5.97 Å². The zero-order chi connectivity index (χ0) is 15.7. The quantitative estimate of drug-likeness (QED) is 0.922. The molecule has 5 nitrogen and oxygen atoms in total. The van der Waals surface area contributed by atoms with E-state index in [1.807, 2.05) is 0 Å². The zero-order valence-corrected chi connectivity index (χ0v) is 12.3. The summed E-state index contributed by atoms with van der Waals surface area (Å²) in [6.45, 7) is 0.547. The van der Waals surface area contributed by atoms with Crippen LogP contribution in [0, 0.1) is 11.7 Å². The van der Waals surface area contributed by atoms with Crippen molar-refractivity contribution >= 4 is 5.97 Å². The smallest absolute Gasteiger partial charge is 0.356 e. The molecule has 1 aromatic carbocycles. The molecular formula is C16H17FN2O3. The first-order valence-corrected chi connectivity index (χ1v) is 7.24. The SMILES string of the molecule is Cn1nc(C(=O)O)cc1-c1ccc(OCC2CCC2)c(F)c1. The number of halogens is 1. The first-order chi connectivity index (χ1) is 10.5. The summed E-state index contributed by atoms with van der Waals surface area (Å²) in [5.41, 5.74) is 1.04. The Labute approximate surface area is 127 Å². The van der Waals surface area contributed by atoms with Gasteiger partial charge in [-0.3, -0.25) is 4.68 Å². The van der Waals surface area contributed by atoms with Gasteiger partial charge in [0.25, 0.3) is 0 Å². The molecule has 1 fully saturated rings. The van der Waals surface area contributed by atoms with Gasteiger partial charge in [0.15, 0.2) is 17.3 Å². The van der Waals surface area contributed by atoms with Crippen LogP contribution in [-0.2, 0) is 7.05 Å². The van der Waals surface area contributed by atoms with Crippen LogP contribution < -0.4 is 4.74 Å². The minimum Gasteiger partial charge on any atom is -0.490 e. The number of hydrogen-bond donors (Lipinski definition) is 1. The summed E-state index contributed by atoms with van der Waals surface area (Å²) >= 11 is 0. The van der Waals surface area contributed by atoms with Gasteiger partial charge in [-0.2, -0.15) is 5.10 Å². The van der Waals surface area contributed by atoms with E-state index >= 15 is 0 Å². The standard InChI is InChI=1S/C16H17FN2O3/c1-19-14(8-13(18-19)16(20)21)11-5-6-15(12(17)7-11)22-9-10-3-2-4-10/h5-8,10H,2-4,9H2,1H3,(H,20,21). The molecule has 1 aliphatic rings. The van der Waals surface area contributed by atoms with Gasteiger partial charge < -0.3 is 9.84 Å². The van der Waals surface area contributed by atoms with Gasteiger partial charge in [0.1, 0.15) is 0 Å². The largest absolute Gasteiger partial charge is 0.490 e. The fourth-order valence-corrected chi connectivity index (χ4v) is 2.49. The normalized spacial score (nSPS) is 14.6. The molecule has 0 unspecified atom stereocenters. The minimum absolute atomic E-state index is 0.0665. The summed E-state index contributed by atoms with van der Waals surface area (Å²) in [6.07, 6.45) is 3.52. The molecule has 116 valence electrons. The van der Waals surface area contributed by atoms with Crippen LogP contribution in [0.1, 0.15) is 29.8 Å². The monoisotopic (exact) mass is 304 g/mol. The Hall–Kier alpha value is -2.37. The van der Waals surface area contributed by atoms with Gasteiger partial charge in [0.05, 0.1) is 12.3 Å². The Bertz CT molecular complexity index is 707. The summed E-state index contributed by atoms with van der Waals surface area (Å²) in [6, 6.07) is 6.06. The summed E-state index contributed by atoms with van der Waals surface area (Å²) in [7, 11) is 1.63. The van der Waals surface area contributed by atoms with E-state index < -0.39 is 11.8 Å². The van der Waals surface area contributed by atoms with Crippen LogP contribution >= 0.6 is 0 Å². The summed E-state index contributed by atoms with van der Waals surface area (Å²) < 4.78 is 21.1. The maximum absolute atomic E-state index is 14.1. The van der Waals surface area contributed by atoms with Gasteiger partial charge in [-0.1, -0.05) is 6.42 Å². The van der Waals surface area contributed by atoms with Crippen LogP contribution in [0.5, 0.6) is 5.75 Å². The molecule has 1 aliphatic carbocycles. The average molecular weight is 304 g/mol. The van der Waals surface area contributed by atoms with Crippen LogP contribution in [0.2, 0.25) is 0 Å². The minimum atomic E-state index is -1.11. The molecule has 6 heteroatoms. The maximum atomic E-state index is 14.1. The number of rotatable bonds is 5. The van der Waals surface area contributed by atoms with E-state index in [2.05, 4.69) is 5.10 Å². The van der Waals surface area contributed by atoms with Crippen molar-refractivity contribution in [3.8, 4) is 17.0 Å². The second kappa shape index (κ2) is 5.79. The Kier molecular flexibility index (Phi) is 3.83. The first-order valence-electron chi connectivity index (χ1n) is 7.24. The molecule has 0 aliphatic heterocycles. The number of benzene rings is 1. The Morgan fingerprint density at radius 3 is 2.77 bits per heavy atom. The van der Waals surface area contributed by atoms with Crippen molar-refractivity contribution in [2.45, 2.75) is 19.3 Å². The predicted octanol–water partition coefficient (Wildman–Crippen LogP) is 3.10. The number of aromatic nitrogens is 2. The zero-order valence-electron chi connectivity index (χ0n) is 12.3. The van der Waals surface area contributed by atoms with Gasteiger partial charge in [-0.15, -0.1) is 0 Å². The third kappa shape index (κ3) is 2.81. The van der Waals surface area contributed by atoms with Crippen LogP contribution in [0.4, 0.5) is 4.39 Å². The molecule has 0 amide bonds. The van der Waals surface area contributed by atoms with Crippen LogP contribution in [0.25, 0.3) is 11.3 Å². The molecule has 0 saturated heterocycles. The molecule has 0 atom stereocenters. The summed E-state index contributed by atoms with van der Waals surface area (Å²) in [5.74, 6) is -0.789. The number of aromatic carboxylic acids is 1. The lowest BCUT2D eigenvalue weighted by Crippen LogP contribution is -2.19. The van der Waals surface area contributed by atoms with Crippen molar-refractivity contribution in [1.29, 1.82) is 0 Å². The number of hydrogen-bond acceptors (Lipinski definition) is 3. The van der Waals surface area contributed by atoms with Crippen molar-refractivity contribution in [1.82, 2.24) is 9.78 Å². The molecule has 1 heterocycles. The van der Waals surface area contributed by atoms with Crippen LogP contribution in [0.15, 0.2) is 24.3 Å². The molecular weight excluding hydrogens is 287 g/mol. The lowest BCUT2D eigenvalue weighted by Gasteiger charge is -2.25. The predicted molar refractivity (Wildman–Crippen MR) is 78.4 cm³/mol. The molecule has 22 heavy (non-hydrogen) atoms. The Morgan fingerprint density at radius 2 is 2.23 bits per heavy atom.